The summed E-state index contributed by atoms with van der Waals surface area (Å²) in [5, 5.41) is 0. The third-order valence-electron chi connectivity index (χ3n) is 3.21. The lowest BCUT2D eigenvalue weighted by molar-refractivity contribution is 0.335. The van der Waals surface area contributed by atoms with Crippen LogP contribution in [0.25, 0.3) is 0 Å². The number of halogens is 1. The zero-order chi connectivity index (χ0) is 15.6. The Labute approximate surface area is 127 Å². The van der Waals surface area contributed by atoms with Crippen molar-refractivity contribution in [3.63, 3.8) is 0 Å². The highest BCUT2D eigenvalue weighted by Gasteiger charge is 2.28. The molecule has 1 aromatic rings. The van der Waals surface area contributed by atoms with Crippen molar-refractivity contribution in [2.24, 2.45) is 0 Å². The molecule has 0 saturated carbocycles. The standard InChI is InChI=1S/C15H23ClO3S/c1-11-8-13(10-16)9-12(2)14(11)19-6-7-20(17,18)15(3,4)5/h8-9H,6-7,10H2,1-5H3. The van der Waals surface area contributed by atoms with Gasteiger partial charge in [-0.25, -0.2) is 8.42 Å². The van der Waals surface area contributed by atoms with E-state index in [1.165, 1.54) is 0 Å². The first-order valence-electron chi connectivity index (χ1n) is 6.59. The molecule has 0 aliphatic carbocycles. The van der Waals surface area contributed by atoms with Crippen LogP contribution >= 0.6 is 11.6 Å². The van der Waals surface area contributed by atoms with Crippen LogP contribution in [0, 0.1) is 13.8 Å². The van der Waals surface area contributed by atoms with Crippen LogP contribution in [0.15, 0.2) is 12.1 Å². The van der Waals surface area contributed by atoms with Gasteiger partial charge in [-0.05, 0) is 51.3 Å². The second-order valence-corrected chi connectivity index (χ2v) is 9.10. The molecule has 0 atom stereocenters. The van der Waals surface area contributed by atoms with E-state index in [1.807, 2.05) is 26.0 Å². The second-order valence-electron chi connectivity index (χ2n) is 5.97. The first-order chi connectivity index (χ1) is 9.08. The van der Waals surface area contributed by atoms with E-state index in [0.717, 1.165) is 22.4 Å². The Morgan fingerprint density at radius 3 is 2.05 bits per heavy atom. The average Bonchev–Trinajstić information content (AvgIpc) is 2.30. The predicted molar refractivity (Wildman–Crippen MR) is 84.5 cm³/mol. The Hall–Kier alpha value is -0.740. The van der Waals surface area contributed by atoms with E-state index < -0.39 is 14.6 Å². The highest BCUT2D eigenvalue weighted by molar-refractivity contribution is 7.92. The van der Waals surface area contributed by atoms with Crippen LogP contribution in [0.3, 0.4) is 0 Å². The van der Waals surface area contributed by atoms with E-state index in [1.54, 1.807) is 20.8 Å². The summed E-state index contributed by atoms with van der Waals surface area (Å²) in [6.45, 7) is 9.16. The summed E-state index contributed by atoms with van der Waals surface area (Å²) < 4.78 is 29.0. The minimum atomic E-state index is -3.15. The third-order valence-corrected chi connectivity index (χ3v) is 6.08. The molecule has 0 amide bonds. The van der Waals surface area contributed by atoms with Crippen LogP contribution < -0.4 is 4.74 Å². The fourth-order valence-corrected chi connectivity index (χ4v) is 2.97. The van der Waals surface area contributed by atoms with Crippen LogP contribution in [-0.4, -0.2) is 25.5 Å². The monoisotopic (exact) mass is 318 g/mol. The number of hydrogen-bond acceptors (Lipinski definition) is 3. The number of alkyl halides is 1. The average molecular weight is 319 g/mol. The van der Waals surface area contributed by atoms with E-state index in [4.69, 9.17) is 16.3 Å². The van der Waals surface area contributed by atoms with E-state index in [9.17, 15) is 8.42 Å². The summed E-state index contributed by atoms with van der Waals surface area (Å²) in [7, 11) is -3.15. The summed E-state index contributed by atoms with van der Waals surface area (Å²) in [6, 6.07) is 3.93. The van der Waals surface area contributed by atoms with Crippen molar-refractivity contribution in [3.05, 3.63) is 28.8 Å². The number of ether oxygens (including phenoxy) is 1. The molecule has 0 fully saturated rings. The van der Waals surface area contributed by atoms with Crippen molar-refractivity contribution in [2.75, 3.05) is 12.4 Å². The number of aryl methyl sites for hydroxylation is 2. The van der Waals surface area contributed by atoms with Gasteiger partial charge in [-0.15, -0.1) is 11.6 Å². The SMILES string of the molecule is Cc1cc(CCl)cc(C)c1OCCS(=O)(=O)C(C)(C)C. The lowest BCUT2D eigenvalue weighted by atomic mass is 10.1. The maximum absolute atomic E-state index is 12.0. The van der Waals surface area contributed by atoms with Crippen molar-refractivity contribution in [1.82, 2.24) is 0 Å². The highest BCUT2D eigenvalue weighted by Crippen LogP contribution is 2.26. The molecule has 20 heavy (non-hydrogen) atoms. The third kappa shape index (κ3) is 4.13. The summed E-state index contributed by atoms with van der Waals surface area (Å²) in [5.74, 6) is 1.23. The minimum absolute atomic E-state index is 0.0205. The zero-order valence-electron chi connectivity index (χ0n) is 12.8. The summed E-state index contributed by atoms with van der Waals surface area (Å²) in [5.41, 5.74) is 3.00. The van der Waals surface area contributed by atoms with Crippen LogP contribution in [0.2, 0.25) is 0 Å². The minimum Gasteiger partial charge on any atom is -0.492 e. The first-order valence-corrected chi connectivity index (χ1v) is 8.78. The van der Waals surface area contributed by atoms with Crippen LogP contribution in [0.1, 0.15) is 37.5 Å². The Morgan fingerprint density at radius 2 is 1.65 bits per heavy atom. The maximum Gasteiger partial charge on any atom is 0.158 e. The molecule has 0 aliphatic heterocycles. The fourth-order valence-electron chi connectivity index (χ4n) is 1.90. The molecule has 5 heteroatoms. The normalized spacial score (nSPS) is 12.5. The molecule has 0 bridgehead atoms. The van der Waals surface area contributed by atoms with Gasteiger partial charge in [0.05, 0.1) is 10.5 Å². The Bertz CT molecular complexity index is 548. The maximum atomic E-state index is 12.0. The van der Waals surface area contributed by atoms with Crippen LogP contribution in [-0.2, 0) is 15.7 Å². The second kappa shape index (κ2) is 6.35. The summed E-state index contributed by atoms with van der Waals surface area (Å²) in [4.78, 5) is 0. The predicted octanol–water partition coefficient (Wildman–Crippen LogP) is 3.63. The van der Waals surface area contributed by atoms with Gasteiger partial charge in [0.1, 0.15) is 12.4 Å². The molecule has 0 aliphatic rings. The van der Waals surface area contributed by atoms with Gasteiger partial charge in [0.2, 0.25) is 0 Å². The van der Waals surface area contributed by atoms with Crippen molar-refractivity contribution >= 4 is 21.4 Å². The number of benzene rings is 1. The quantitative estimate of drug-likeness (QED) is 0.779. The van der Waals surface area contributed by atoms with E-state index in [0.29, 0.717) is 5.88 Å². The lowest BCUT2D eigenvalue weighted by Gasteiger charge is -2.20. The molecule has 0 saturated heterocycles. The van der Waals surface area contributed by atoms with Crippen molar-refractivity contribution in [2.45, 2.75) is 45.2 Å². The Balaban J connectivity index is 2.78. The molecular formula is C15H23ClO3S. The molecule has 0 N–H and O–H groups in total. The molecule has 0 heterocycles. The largest absolute Gasteiger partial charge is 0.492 e. The van der Waals surface area contributed by atoms with Crippen molar-refractivity contribution in [3.8, 4) is 5.75 Å². The molecule has 3 nitrogen and oxygen atoms in total. The van der Waals surface area contributed by atoms with Crippen LogP contribution in [0.4, 0.5) is 0 Å². The summed E-state index contributed by atoms with van der Waals surface area (Å²) in [6.07, 6.45) is 0. The molecule has 0 aromatic heterocycles. The van der Waals surface area contributed by atoms with Crippen molar-refractivity contribution in [1.29, 1.82) is 0 Å². The van der Waals surface area contributed by atoms with Gasteiger partial charge in [-0.1, -0.05) is 12.1 Å². The molecule has 1 aromatic carbocycles. The topological polar surface area (TPSA) is 43.4 Å². The Morgan fingerprint density at radius 1 is 1.15 bits per heavy atom. The molecular weight excluding hydrogens is 296 g/mol. The number of sulfone groups is 1. The van der Waals surface area contributed by atoms with Gasteiger partial charge in [0, 0.05) is 5.88 Å². The summed E-state index contributed by atoms with van der Waals surface area (Å²) >= 11 is 5.82. The van der Waals surface area contributed by atoms with Gasteiger partial charge >= 0.3 is 0 Å². The molecule has 0 unspecified atom stereocenters. The number of hydrogen-bond donors (Lipinski definition) is 0. The highest BCUT2D eigenvalue weighted by atomic mass is 35.5. The van der Waals surface area contributed by atoms with Gasteiger partial charge in [-0.2, -0.15) is 0 Å². The number of rotatable bonds is 5. The van der Waals surface area contributed by atoms with E-state index in [2.05, 4.69) is 0 Å². The van der Waals surface area contributed by atoms with Gasteiger partial charge in [0.25, 0.3) is 0 Å². The van der Waals surface area contributed by atoms with Gasteiger partial charge in [0.15, 0.2) is 9.84 Å². The van der Waals surface area contributed by atoms with Gasteiger partial charge < -0.3 is 4.74 Å². The van der Waals surface area contributed by atoms with Gasteiger partial charge in [-0.3, -0.25) is 0 Å². The Kier molecular flexibility index (Phi) is 5.50. The first kappa shape index (κ1) is 17.3. The van der Waals surface area contributed by atoms with E-state index in [-0.39, 0.29) is 12.4 Å². The zero-order valence-corrected chi connectivity index (χ0v) is 14.4. The van der Waals surface area contributed by atoms with E-state index >= 15 is 0 Å². The van der Waals surface area contributed by atoms with Crippen molar-refractivity contribution < 1.29 is 13.2 Å². The van der Waals surface area contributed by atoms with Crippen LogP contribution in [0.5, 0.6) is 5.75 Å². The molecule has 0 spiro atoms. The molecule has 0 radical (unpaired) electrons. The lowest BCUT2D eigenvalue weighted by Crippen LogP contribution is -2.32. The molecule has 114 valence electrons. The molecule has 1 rings (SSSR count). The fraction of sp³-hybridized carbons (Fsp3) is 0.600. The smallest absolute Gasteiger partial charge is 0.158 e.